The minimum absolute atomic E-state index is 0.0269. The first-order valence-electron chi connectivity index (χ1n) is 7.97. The van der Waals surface area contributed by atoms with Crippen molar-refractivity contribution in [3.05, 3.63) is 59.7 Å². The Morgan fingerprint density at radius 3 is 2.54 bits per heavy atom. The van der Waals surface area contributed by atoms with E-state index in [1.165, 1.54) is 5.56 Å². The second-order valence-electron chi connectivity index (χ2n) is 5.47. The average molecular weight is 328 g/mol. The molecule has 0 bridgehead atoms. The second kappa shape index (κ2) is 9.57. The Bertz CT molecular complexity index is 641. The van der Waals surface area contributed by atoms with E-state index in [1.807, 2.05) is 49.4 Å². The Morgan fingerprint density at radius 1 is 1.08 bits per heavy atom. The van der Waals surface area contributed by atoms with Gasteiger partial charge in [0.1, 0.15) is 18.1 Å². The predicted octanol–water partition coefficient (Wildman–Crippen LogP) is 2.29. The van der Waals surface area contributed by atoms with Crippen LogP contribution in [0.15, 0.2) is 48.5 Å². The van der Waals surface area contributed by atoms with Gasteiger partial charge in [-0.05, 0) is 36.8 Å². The lowest BCUT2D eigenvalue weighted by Gasteiger charge is -2.09. The van der Waals surface area contributed by atoms with Crippen molar-refractivity contribution in [2.45, 2.75) is 13.5 Å². The number of hydrogen-bond acceptors (Lipinski definition) is 4. The molecule has 5 heteroatoms. The molecule has 2 rings (SSSR count). The van der Waals surface area contributed by atoms with E-state index in [-0.39, 0.29) is 12.5 Å². The average Bonchev–Trinajstić information content (AvgIpc) is 2.60. The number of amides is 1. The van der Waals surface area contributed by atoms with Gasteiger partial charge in [-0.25, -0.2) is 0 Å². The van der Waals surface area contributed by atoms with Crippen LogP contribution in [0.1, 0.15) is 11.1 Å². The number of ether oxygens (including phenoxy) is 2. The molecule has 1 amide bonds. The van der Waals surface area contributed by atoms with Gasteiger partial charge in [0.05, 0.1) is 13.7 Å². The van der Waals surface area contributed by atoms with Crippen molar-refractivity contribution in [2.24, 2.45) is 0 Å². The van der Waals surface area contributed by atoms with Gasteiger partial charge in [0, 0.05) is 13.1 Å². The Labute approximate surface area is 143 Å². The quantitative estimate of drug-likeness (QED) is 0.694. The van der Waals surface area contributed by atoms with Crippen molar-refractivity contribution >= 4 is 5.91 Å². The highest BCUT2D eigenvalue weighted by molar-refractivity contribution is 5.77. The van der Waals surface area contributed by atoms with Gasteiger partial charge in [-0.2, -0.15) is 0 Å². The SMILES string of the molecule is COc1ccc(OCCNCC(=O)NCc2cccc(C)c2)cc1. The van der Waals surface area contributed by atoms with E-state index < -0.39 is 0 Å². The number of nitrogens with one attached hydrogen (secondary N) is 2. The number of aryl methyl sites for hydroxylation is 1. The highest BCUT2D eigenvalue weighted by Crippen LogP contribution is 2.16. The van der Waals surface area contributed by atoms with E-state index in [4.69, 9.17) is 9.47 Å². The van der Waals surface area contributed by atoms with Crippen molar-refractivity contribution in [3.8, 4) is 11.5 Å². The molecule has 0 aliphatic heterocycles. The first kappa shape index (κ1) is 17.8. The molecule has 0 aromatic heterocycles. The van der Waals surface area contributed by atoms with Crippen LogP contribution in [0.3, 0.4) is 0 Å². The number of benzene rings is 2. The third-order valence-electron chi connectivity index (χ3n) is 3.46. The minimum Gasteiger partial charge on any atom is -0.497 e. The maximum atomic E-state index is 11.8. The summed E-state index contributed by atoms with van der Waals surface area (Å²) in [6, 6.07) is 15.5. The van der Waals surface area contributed by atoms with Crippen molar-refractivity contribution in [1.82, 2.24) is 10.6 Å². The largest absolute Gasteiger partial charge is 0.497 e. The van der Waals surface area contributed by atoms with Crippen LogP contribution in [0, 0.1) is 6.92 Å². The fourth-order valence-electron chi connectivity index (χ4n) is 2.20. The molecule has 0 aliphatic rings. The van der Waals surface area contributed by atoms with Crippen LogP contribution in [0.25, 0.3) is 0 Å². The fourth-order valence-corrected chi connectivity index (χ4v) is 2.20. The molecule has 128 valence electrons. The topological polar surface area (TPSA) is 59.6 Å². The molecule has 0 saturated carbocycles. The van der Waals surface area contributed by atoms with Crippen LogP contribution in [-0.2, 0) is 11.3 Å². The zero-order valence-corrected chi connectivity index (χ0v) is 14.2. The van der Waals surface area contributed by atoms with Gasteiger partial charge >= 0.3 is 0 Å². The summed E-state index contributed by atoms with van der Waals surface area (Å²) < 4.78 is 10.7. The van der Waals surface area contributed by atoms with Crippen LogP contribution in [0.4, 0.5) is 0 Å². The lowest BCUT2D eigenvalue weighted by molar-refractivity contribution is -0.120. The maximum Gasteiger partial charge on any atom is 0.234 e. The molecule has 0 saturated heterocycles. The lowest BCUT2D eigenvalue weighted by Crippen LogP contribution is -2.35. The molecular weight excluding hydrogens is 304 g/mol. The Kier molecular flexibility index (Phi) is 7.11. The summed E-state index contributed by atoms with van der Waals surface area (Å²) in [5.74, 6) is 1.55. The molecule has 2 N–H and O–H groups in total. The number of rotatable bonds is 9. The minimum atomic E-state index is -0.0269. The fraction of sp³-hybridized carbons (Fsp3) is 0.316. The zero-order valence-electron chi connectivity index (χ0n) is 14.2. The van der Waals surface area contributed by atoms with E-state index >= 15 is 0 Å². The van der Waals surface area contributed by atoms with E-state index in [2.05, 4.69) is 16.7 Å². The summed E-state index contributed by atoms with van der Waals surface area (Å²) in [6.45, 7) is 3.96. The third kappa shape index (κ3) is 6.30. The van der Waals surface area contributed by atoms with Gasteiger partial charge < -0.3 is 20.1 Å². The predicted molar refractivity (Wildman–Crippen MR) is 94.4 cm³/mol. The summed E-state index contributed by atoms with van der Waals surface area (Å²) in [6.07, 6.45) is 0. The second-order valence-corrected chi connectivity index (χ2v) is 5.47. The van der Waals surface area contributed by atoms with Gasteiger partial charge in [0.25, 0.3) is 0 Å². The third-order valence-corrected chi connectivity index (χ3v) is 3.46. The normalized spacial score (nSPS) is 10.2. The monoisotopic (exact) mass is 328 g/mol. The van der Waals surface area contributed by atoms with Gasteiger partial charge in [0.2, 0.25) is 5.91 Å². The molecule has 0 radical (unpaired) electrons. The number of carbonyl (C=O) groups excluding carboxylic acids is 1. The zero-order chi connectivity index (χ0) is 17.2. The molecule has 0 aliphatic carbocycles. The Morgan fingerprint density at radius 2 is 1.83 bits per heavy atom. The van der Waals surface area contributed by atoms with Crippen molar-refractivity contribution in [1.29, 1.82) is 0 Å². The molecule has 0 atom stereocenters. The molecule has 0 heterocycles. The molecule has 0 unspecified atom stereocenters. The maximum absolute atomic E-state index is 11.8. The van der Waals surface area contributed by atoms with E-state index in [0.717, 1.165) is 17.1 Å². The number of carbonyl (C=O) groups is 1. The van der Waals surface area contributed by atoms with Gasteiger partial charge in [-0.15, -0.1) is 0 Å². The van der Waals surface area contributed by atoms with Crippen LogP contribution in [0.2, 0.25) is 0 Å². The van der Waals surface area contributed by atoms with Crippen LogP contribution < -0.4 is 20.1 Å². The summed E-state index contributed by atoms with van der Waals surface area (Å²) >= 11 is 0. The molecule has 5 nitrogen and oxygen atoms in total. The number of methoxy groups -OCH3 is 1. The highest BCUT2D eigenvalue weighted by atomic mass is 16.5. The molecule has 2 aromatic rings. The van der Waals surface area contributed by atoms with Gasteiger partial charge in [0.15, 0.2) is 0 Å². The summed E-state index contributed by atoms with van der Waals surface area (Å²) in [4.78, 5) is 11.8. The summed E-state index contributed by atoms with van der Waals surface area (Å²) in [5, 5.41) is 5.96. The molecule has 0 fully saturated rings. The van der Waals surface area contributed by atoms with E-state index in [0.29, 0.717) is 19.7 Å². The first-order valence-corrected chi connectivity index (χ1v) is 7.97. The van der Waals surface area contributed by atoms with Gasteiger partial charge in [-0.3, -0.25) is 4.79 Å². The Hall–Kier alpha value is -2.53. The van der Waals surface area contributed by atoms with Crippen LogP contribution >= 0.6 is 0 Å². The lowest BCUT2D eigenvalue weighted by atomic mass is 10.1. The summed E-state index contributed by atoms with van der Waals surface area (Å²) in [7, 11) is 1.63. The van der Waals surface area contributed by atoms with Crippen molar-refractivity contribution < 1.29 is 14.3 Å². The van der Waals surface area contributed by atoms with E-state index in [1.54, 1.807) is 7.11 Å². The molecular formula is C19H24N2O3. The highest BCUT2D eigenvalue weighted by Gasteiger charge is 2.01. The molecule has 0 spiro atoms. The van der Waals surface area contributed by atoms with Crippen LogP contribution in [-0.4, -0.2) is 32.7 Å². The summed E-state index contributed by atoms with van der Waals surface area (Å²) in [5.41, 5.74) is 2.29. The van der Waals surface area contributed by atoms with Gasteiger partial charge in [-0.1, -0.05) is 29.8 Å². The van der Waals surface area contributed by atoms with Crippen molar-refractivity contribution in [3.63, 3.8) is 0 Å². The smallest absolute Gasteiger partial charge is 0.234 e. The number of hydrogen-bond donors (Lipinski definition) is 2. The molecule has 24 heavy (non-hydrogen) atoms. The van der Waals surface area contributed by atoms with Crippen molar-refractivity contribution in [2.75, 3.05) is 26.8 Å². The standard InChI is InChI=1S/C19H24N2O3/c1-15-4-3-5-16(12-15)13-21-19(22)14-20-10-11-24-18-8-6-17(23-2)7-9-18/h3-9,12,20H,10-11,13-14H2,1-2H3,(H,21,22). The van der Waals surface area contributed by atoms with Crippen LogP contribution in [0.5, 0.6) is 11.5 Å². The first-order chi connectivity index (χ1) is 11.7. The van der Waals surface area contributed by atoms with E-state index in [9.17, 15) is 4.79 Å². The Balaban J connectivity index is 1.57. The molecule has 2 aromatic carbocycles.